The highest BCUT2D eigenvalue weighted by atomic mass is 16.3. The molecule has 3 nitrogen and oxygen atoms in total. The third-order valence-corrected chi connectivity index (χ3v) is 2.13. The van der Waals surface area contributed by atoms with E-state index in [2.05, 4.69) is 5.32 Å². The van der Waals surface area contributed by atoms with Crippen LogP contribution in [-0.2, 0) is 4.79 Å². The molecular weight excluding hydrogens is 142 g/mol. The SMILES string of the molecule is CC(C)(C)C1CC(O)NC1=O. The quantitative estimate of drug-likeness (QED) is 0.537. The molecule has 0 spiro atoms. The third kappa shape index (κ3) is 1.71. The van der Waals surface area contributed by atoms with E-state index in [1.54, 1.807) is 0 Å². The van der Waals surface area contributed by atoms with Crippen LogP contribution in [0.2, 0.25) is 0 Å². The first-order valence-electron chi connectivity index (χ1n) is 3.89. The van der Waals surface area contributed by atoms with Gasteiger partial charge in [-0.1, -0.05) is 20.8 Å². The Morgan fingerprint density at radius 3 is 2.27 bits per heavy atom. The first kappa shape index (κ1) is 8.53. The topological polar surface area (TPSA) is 49.3 Å². The molecule has 64 valence electrons. The van der Waals surface area contributed by atoms with E-state index < -0.39 is 6.23 Å². The monoisotopic (exact) mass is 157 g/mol. The van der Waals surface area contributed by atoms with Crippen LogP contribution in [0.5, 0.6) is 0 Å². The maximum atomic E-state index is 11.2. The second kappa shape index (κ2) is 2.48. The van der Waals surface area contributed by atoms with Crippen molar-refractivity contribution < 1.29 is 9.90 Å². The van der Waals surface area contributed by atoms with Gasteiger partial charge in [-0.15, -0.1) is 0 Å². The number of carbonyl (C=O) groups excluding carboxylic acids is 1. The molecule has 0 radical (unpaired) electrons. The van der Waals surface area contributed by atoms with E-state index in [1.807, 2.05) is 20.8 Å². The number of hydrogen-bond acceptors (Lipinski definition) is 2. The van der Waals surface area contributed by atoms with Crippen LogP contribution in [0, 0.1) is 11.3 Å². The van der Waals surface area contributed by atoms with Crippen LogP contribution in [-0.4, -0.2) is 17.2 Å². The summed E-state index contributed by atoms with van der Waals surface area (Å²) in [4.78, 5) is 11.2. The Hall–Kier alpha value is -0.570. The molecule has 0 bridgehead atoms. The van der Waals surface area contributed by atoms with E-state index in [1.165, 1.54) is 0 Å². The number of nitrogens with one attached hydrogen (secondary N) is 1. The van der Waals surface area contributed by atoms with Crippen LogP contribution in [0.4, 0.5) is 0 Å². The molecule has 2 unspecified atom stereocenters. The first-order chi connectivity index (χ1) is 4.91. The summed E-state index contributed by atoms with van der Waals surface area (Å²) >= 11 is 0. The molecule has 1 aliphatic heterocycles. The van der Waals surface area contributed by atoms with Crippen LogP contribution < -0.4 is 5.32 Å². The zero-order valence-corrected chi connectivity index (χ0v) is 7.22. The summed E-state index contributed by atoms with van der Waals surface area (Å²) < 4.78 is 0. The standard InChI is InChI=1S/C8H15NO2/c1-8(2,3)5-4-6(10)9-7(5)11/h5-6,10H,4H2,1-3H3,(H,9,11). The lowest BCUT2D eigenvalue weighted by Gasteiger charge is -2.23. The summed E-state index contributed by atoms with van der Waals surface area (Å²) in [5, 5.41) is 11.6. The van der Waals surface area contributed by atoms with Crippen molar-refractivity contribution in [3.05, 3.63) is 0 Å². The molecule has 11 heavy (non-hydrogen) atoms. The lowest BCUT2D eigenvalue weighted by Crippen LogP contribution is -2.30. The van der Waals surface area contributed by atoms with Gasteiger partial charge in [0.15, 0.2) is 0 Å². The van der Waals surface area contributed by atoms with Crippen molar-refractivity contribution in [3.8, 4) is 0 Å². The molecule has 1 heterocycles. The van der Waals surface area contributed by atoms with Gasteiger partial charge in [-0.3, -0.25) is 4.79 Å². The molecule has 1 saturated heterocycles. The van der Waals surface area contributed by atoms with Gasteiger partial charge in [0.2, 0.25) is 5.91 Å². The van der Waals surface area contributed by atoms with Gasteiger partial charge < -0.3 is 10.4 Å². The van der Waals surface area contributed by atoms with E-state index in [0.29, 0.717) is 6.42 Å². The number of aliphatic hydroxyl groups is 1. The minimum atomic E-state index is -0.633. The van der Waals surface area contributed by atoms with Crippen molar-refractivity contribution in [1.82, 2.24) is 5.32 Å². The number of amides is 1. The van der Waals surface area contributed by atoms with Crippen molar-refractivity contribution in [2.45, 2.75) is 33.4 Å². The Morgan fingerprint density at radius 1 is 1.55 bits per heavy atom. The Labute approximate surface area is 66.8 Å². The predicted octanol–water partition coefficient (Wildman–Crippen LogP) is 0.487. The van der Waals surface area contributed by atoms with Crippen molar-refractivity contribution in [1.29, 1.82) is 0 Å². The molecule has 0 aliphatic carbocycles. The van der Waals surface area contributed by atoms with Crippen LogP contribution in [0.3, 0.4) is 0 Å². The molecule has 3 heteroatoms. The fourth-order valence-electron chi connectivity index (χ4n) is 1.40. The Kier molecular flexibility index (Phi) is 1.92. The van der Waals surface area contributed by atoms with E-state index in [0.717, 1.165) is 0 Å². The second-order valence-corrected chi connectivity index (χ2v) is 4.18. The minimum Gasteiger partial charge on any atom is -0.374 e. The van der Waals surface area contributed by atoms with Gasteiger partial charge in [0.05, 0.1) is 0 Å². The van der Waals surface area contributed by atoms with E-state index in [-0.39, 0.29) is 17.2 Å². The molecule has 1 amide bonds. The zero-order chi connectivity index (χ0) is 8.65. The summed E-state index contributed by atoms with van der Waals surface area (Å²) in [6.45, 7) is 6.03. The van der Waals surface area contributed by atoms with E-state index >= 15 is 0 Å². The average Bonchev–Trinajstić information content (AvgIpc) is 2.08. The molecule has 0 aromatic carbocycles. The lowest BCUT2D eigenvalue weighted by molar-refractivity contribution is -0.125. The maximum Gasteiger partial charge on any atom is 0.225 e. The third-order valence-electron chi connectivity index (χ3n) is 2.13. The van der Waals surface area contributed by atoms with Crippen molar-refractivity contribution >= 4 is 5.91 Å². The number of aliphatic hydroxyl groups excluding tert-OH is 1. The highest BCUT2D eigenvalue weighted by molar-refractivity contribution is 5.81. The fourth-order valence-corrected chi connectivity index (χ4v) is 1.40. The molecule has 2 N–H and O–H groups in total. The van der Waals surface area contributed by atoms with Gasteiger partial charge in [-0.05, 0) is 5.41 Å². The molecule has 0 saturated carbocycles. The molecule has 1 fully saturated rings. The smallest absolute Gasteiger partial charge is 0.225 e. The van der Waals surface area contributed by atoms with Crippen LogP contribution in [0.25, 0.3) is 0 Å². The summed E-state index contributed by atoms with van der Waals surface area (Å²) in [5.41, 5.74) is -0.0401. The molecule has 1 rings (SSSR count). The van der Waals surface area contributed by atoms with Crippen LogP contribution >= 0.6 is 0 Å². The predicted molar refractivity (Wildman–Crippen MR) is 41.7 cm³/mol. The van der Waals surface area contributed by atoms with Gasteiger partial charge in [-0.25, -0.2) is 0 Å². The summed E-state index contributed by atoms with van der Waals surface area (Å²) in [6.07, 6.45) is -0.0887. The summed E-state index contributed by atoms with van der Waals surface area (Å²) in [7, 11) is 0. The van der Waals surface area contributed by atoms with Gasteiger partial charge in [0, 0.05) is 12.3 Å². The average molecular weight is 157 g/mol. The summed E-state index contributed by atoms with van der Waals surface area (Å²) in [5.74, 6) is -0.0671. The Balaban J connectivity index is 2.68. The van der Waals surface area contributed by atoms with Gasteiger partial charge in [0.1, 0.15) is 6.23 Å². The van der Waals surface area contributed by atoms with Crippen molar-refractivity contribution in [2.75, 3.05) is 0 Å². The lowest BCUT2D eigenvalue weighted by atomic mass is 9.80. The second-order valence-electron chi connectivity index (χ2n) is 4.18. The summed E-state index contributed by atoms with van der Waals surface area (Å²) in [6, 6.07) is 0. The largest absolute Gasteiger partial charge is 0.374 e. The molecule has 1 aliphatic rings. The normalized spacial score (nSPS) is 32.2. The number of hydrogen-bond donors (Lipinski definition) is 2. The fraction of sp³-hybridized carbons (Fsp3) is 0.875. The maximum absolute atomic E-state index is 11.2. The van der Waals surface area contributed by atoms with E-state index in [9.17, 15) is 4.79 Å². The molecule has 2 atom stereocenters. The number of rotatable bonds is 0. The molecule has 0 aromatic rings. The Morgan fingerprint density at radius 2 is 2.09 bits per heavy atom. The first-order valence-corrected chi connectivity index (χ1v) is 3.89. The highest BCUT2D eigenvalue weighted by Crippen LogP contribution is 2.32. The van der Waals surface area contributed by atoms with Crippen LogP contribution in [0.15, 0.2) is 0 Å². The van der Waals surface area contributed by atoms with Crippen LogP contribution in [0.1, 0.15) is 27.2 Å². The van der Waals surface area contributed by atoms with Gasteiger partial charge in [-0.2, -0.15) is 0 Å². The zero-order valence-electron chi connectivity index (χ0n) is 7.22. The Bertz CT molecular complexity index is 171. The molecule has 0 aromatic heterocycles. The van der Waals surface area contributed by atoms with E-state index in [4.69, 9.17) is 5.11 Å². The van der Waals surface area contributed by atoms with Gasteiger partial charge >= 0.3 is 0 Å². The van der Waals surface area contributed by atoms with Crippen molar-refractivity contribution in [3.63, 3.8) is 0 Å². The highest BCUT2D eigenvalue weighted by Gasteiger charge is 2.38. The van der Waals surface area contributed by atoms with Gasteiger partial charge in [0.25, 0.3) is 0 Å². The minimum absolute atomic E-state index is 0.0231. The molecular formula is C8H15NO2. The van der Waals surface area contributed by atoms with Crippen molar-refractivity contribution in [2.24, 2.45) is 11.3 Å². The number of carbonyl (C=O) groups is 1.